The van der Waals surface area contributed by atoms with E-state index in [1.807, 2.05) is 30.5 Å². The number of piperazine rings is 1. The van der Waals surface area contributed by atoms with Gasteiger partial charge in [0.2, 0.25) is 0 Å². The molecule has 2 N–H and O–H groups in total. The van der Waals surface area contributed by atoms with E-state index in [4.69, 9.17) is 4.74 Å². The highest BCUT2D eigenvalue weighted by Crippen LogP contribution is 2.30. The van der Waals surface area contributed by atoms with Crippen molar-refractivity contribution in [3.05, 3.63) is 41.1 Å². The first-order chi connectivity index (χ1) is 16.1. The molecule has 4 rings (SSSR count). The van der Waals surface area contributed by atoms with E-state index in [1.54, 1.807) is 18.7 Å². The zero-order valence-electron chi connectivity index (χ0n) is 19.8. The second kappa shape index (κ2) is 11.4. The van der Waals surface area contributed by atoms with E-state index in [0.29, 0.717) is 24.4 Å². The quantitative estimate of drug-likeness (QED) is 0.467. The van der Waals surface area contributed by atoms with Crippen molar-refractivity contribution in [2.75, 3.05) is 45.6 Å². The number of hydrogen-bond donors (Lipinski definition) is 2. The van der Waals surface area contributed by atoms with Gasteiger partial charge in [0.25, 0.3) is 0 Å². The molecule has 2 amide bonds. The maximum absolute atomic E-state index is 13.0. The summed E-state index contributed by atoms with van der Waals surface area (Å²) < 4.78 is 5.41. The summed E-state index contributed by atoms with van der Waals surface area (Å²) in [4.78, 5) is 31.7. The second-order valence-electron chi connectivity index (χ2n) is 9.02. The third-order valence-corrected chi connectivity index (χ3v) is 7.72. The Bertz CT molecular complexity index is 859. The lowest BCUT2D eigenvalue weighted by molar-refractivity contribution is -0.139. The van der Waals surface area contributed by atoms with Crippen LogP contribution in [0.3, 0.4) is 0 Å². The Balaban J connectivity index is 1.52. The largest absolute Gasteiger partial charge is 0.463 e. The summed E-state index contributed by atoms with van der Waals surface area (Å²) in [5, 5.41) is 5.85. The van der Waals surface area contributed by atoms with E-state index in [9.17, 15) is 9.59 Å². The van der Waals surface area contributed by atoms with Gasteiger partial charge in [-0.2, -0.15) is 0 Å². The third-order valence-electron chi connectivity index (χ3n) is 6.98. The molecule has 0 spiro atoms. The molecule has 1 aromatic rings. The number of carbonyl (C=O) groups is 2. The van der Waals surface area contributed by atoms with Crippen LogP contribution in [0.2, 0.25) is 0 Å². The Morgan fingerprint density at radius 3 is 2.42 bits per heavy atom. The Kier molecular flexibility index (Phi) is 8.33. The van der Waals surface area contributed by atoms with Crippen molar-refractivity contribution in [2.24, 2.45) is 0 Å². The van der Waals surface area contributed by atoms with E-state index in [-0.39, 0.29) is 12.0 Å². The maximum Gasteiger partial charge on any atom is 0.338 e. The molecule has 1 saturated carbocycles. The van der Waals surface area contributed by atoms with Gasteiger partial charge >= 0.3 is 12.0 Å². The van der Waals surface area contributed by atoms with Crippen molar-refractivity contribution in [1.82, 2.24) is 20.4 Å². The van der Waals surface area contributed by atoms with Crippen LogP contribution in [-0.2, 0) is 9.53 Å². The Morgan fingerprint density at radius 1 is 1.09 bits per heavy atom. The van der Waals surface area contributed by atoms with Crippen molar-refractivity contribution in [3.8, 4) is 0 Å². The fourth-order valence-electron chi connectivity index (χ4n) is 5.20. The molecule has 33 heavy (non-hydrogen) atoms. The minimum Gasteiger partial charge on any atom is -0.463 e. The fourth-order valence-corrected chi connectivity index (χ4v) is 5.60. The highest BCUT2D eigenvalue weighted by atomic mass is 32.2. The van der Waals surface area contributed by atoms with E-state index in [0.717, 1.165) is 42.7 Å². The van der Waals surface area contributed by atoms with Crippen molar-refractivity contribution in [3.63, 3.8) is 0 Å². The van der Waals surface area contributed by atoms with Crippen LogP contribution in [0.15, 0.2) is 40.4 Å². The van der Waals surface area contributed by atoms with Crippen molar-refractivity contribution >= 4 is 23.8 Å². The molecule has 0 aromatic heterocycles. The van der Waals surface area contributed by atoms with Gasteiger partial charge in [-0.15, -0.1) is 11.8 Å². The molecule has 1 atom stereocenters. The van der Waals surface area contributed by atoms with Gasteiger partial charge in [-0.1, -0.05) is 31.4 Å². The summed E-state index contributed by atoms with van der Waals surface area (Å²) in [6, 6.07) is 7.90. The van der Waals surface area contributed by atoms with E-state index < -0.39 is 6.04 Å². The Labute approximate surface area is 201 Å². The number of thioether (sulfide) groups is 1. The summed E-state index contributed by atoms with van der Waals surface area (Å²) in [5.74, 6) is -0.375. The van der Waals surface area contributed by atoms with Crippen molar-refractivity contribution < 1.29 is 14.3 Å². The van der Waals surface area contributed by atoms with Gasteiger partial charge in [-0.25, -0.2) is 9.59 Å². The van der Waals surface area contributed by atoms with Crippen LogP contribution in [0.25, 0.3) is 0 Å². The Morgan fingerprint density at radius 2 is 1.79 bits per heavy atom. The third kappa shape index (κ3) is 5.91. The normalized spacial score (nSPS) is 23.2. The number of esters is 1. The topological polar surface area (TPSA) is 73.9 Å². The summed E-state index contributed by atoms with van der Waals surface area (Å²) >= 11 is 1.66. The molecule has 0 radical (unpaired) electrons. The maximum atomic E-state index is 13.0. The number of urea groups is 1. The van der Waals surface area contributed by atoms with Crippen LogP contribution < -0.4 is 10.6 Å². The molecule has 180 valence electrons. The average Bonchev–Trinajstić information content (AvgIpc) is 2.85. The van der Waals surface area contributed by atoms with Crippen LogP contribution >= 0.6 is 11.8 Å². The molecule has 0 bridgehead atoms. The molecular weight excluding hydrogens is 436 g/mol. The van der Waals surface area contributed by atoms with Gasteiger partial charge in [-0.3, -0.25) is 9.80 Å². The van der Waals surface area contributed by atoms with Crippen molar-refractivity contribution in [1.29, 1.82) is 0 Å². The van der Waals surface area contributed by atoms with E-state index >= 15 is 0 Å². The average molecular weight is 473 g/mol. The van der Waals surface area contributed by atoms with E-state index in [2.05, 4.69) is 20.4 Å². The second-order valence-corrected chi connectivity index (χ2v) is 9.90. The van der Waals surface area contributed by atoms with Gasteiger partial charge in [0.05, 0.1) is 18.2 Å². The van der Waals surface area contributed by atoms with Crippen molar-refractivity contribution in [2.45, 2.75) is 56.0 Å². The monoisotopic (exact) mass is 472 g/mol. The van der Waals surface area contributed by atoms with Crippen LogP contribution in [0.5, 0.6) is 0 Å². The molecule has 7 nitrogen and oxygen atoms in total. The smallest absolute Gasteiger partial charge is 0.338 e. The van der Waals surface area contributed by atoms with Crippen LogP contribution in [0.4, 0.5) is 4.79 Å². The molecule has 2 fully saturated rings. The highest BCUT2D eigenvalue weighted by molar-refractivity contribution is 7.98. The highest BCUT2D eigenvalue weighted by Gasteiger charge is 2.35. The predicted octanol–water partition coefficient (Wildman–Crippen LogP) is 3.53. The molecular formula is C25H36N4O3S. The number of amides is 2. The van der Waals surface area contributed by atoms with Gasteiger partial charge < -0.3 is 15.4 Å². The zero-order valence-corrected chi connectivity index (χ0v) is 20.6. The number of nitrogens with zero attached hydrogens (tertiary/aromatic N) is 2. The first kappa shape index (κ1) is 24.1. The first-order valence-corrected chi connectivity index (χ1v) is 13.4. The lowest BCUT2D eigenvalue weighted by Gasteiger charge is -2.41. The minimum atomic E-state index is -0.521. The Hall–Kier alpha value is -2.03. The number of hydrogen-bond acceptors (Lipinski definition) is 6. The van der Waals surface area contributed by atoms with Crippen LogP contribution in [0, 0.1) is 0 Å². The lowest BCUT2D eigenvalue weighted by Crippen LogP contribution is -2.53. The summed E-state index contributed by atoms with van der Waals surface area (Å²) in [6.07, 6.45) is 8.72. The summed E-state index contributed by atoms with van der Waals surface area (Å²) in [7, 11) is 0. The molecule has 1 aromatic carbocycles. The zero-order chi connectivity index (χ0) is 23.2. The number of carbonyl (C=O) groups excluding carboxylic acids is 2. The lowest BCUT2D eigenvalue weighted by atomic mass is 9.93. The molecule has 1 saturated heterocycles. The number of benzene rings is 1. The van der Waals surface area contributed by atoms with Crippen LogP contribution in [0.1, 0.15) is 50.6 Å². The number of nitrogens with one attached hydrogen (secondary N) is 2. The minimum absolute atomic E-state index is 0.280. The predicted molar refractivity (Wildman–Crippen MR) is 131 cm³/mol. The molecule has 0 unspecified atom stereocenters. The van der Waals surface area contributed by atoms with Gasteiger partial charge in [0.15, 0.2) is 0 Å². The summed E-state index contributed by atoms with van der Waals surface area (Å²) in [5.41, 5.74) is 2.04. The van der Waals surface area contributed by atoms with Gasteiger partial charge in [-0.05, 0) is 43.7 Å². The molecule has 3 aliphatic rings. The molecule has 2 aliphatic heterocycles. The fraction of sp³-hybridized carbons (Fsp3) is 0.600. The SMILES string of the molecule is CCOC(=O)C1=C(CN2CCN(C3CCCCC3)CC2)NC(=O)N[C@H]1c1ccc(SC)cc1. The van der Waals surface area contributed by atoms with Gasteiger partial charge in [0, 0.05) is 49.4 Å². The summed E-state index contributed by atoms with van der Waals surface area (Å²) in [6.45, 7) is 6.59. The standard InChI is InChI=1S/C25H36N4O3S/c1-3-32-24(30)22-21(17-28-13-15-29(16-14-28)19-7-5-4-6-8-19)26-25(31)27-23(22)18-9-11-20(33-2)12-10-18/h9-12,19,23H,3-8,13-17H2,1-2H3,(H2,26,27,31)/t23-/m0/s1. The van der Waals surface area contributed by atoms with Gasteiger partial charge in [0.1, 0.15) is 0 Å². The van der Waals surface area contributed by atoms with Crippen LogP contribution in [-0.4, -0.2) is 73.4 Å². The number of rotatable bonds is 7. The number of ether oxygens (including phenoxy) is 1. The first-order valence-electron chi connectivity index (χ1n) is 12.2. The molecule has 8 heteroatoms. The molecule has 2 heterocycles. The van der Waals surface area contributed by atoms with E-state index in [1.165, 1.54) is 32.1 Å². The molecule has 1 aliphatic carbocycles.